The van der Waals surface area contributed by atoms with Crippen LogP contribution in [0.1, 0.15) is 26.7 Å². The minimum absolute atomic E-state index is 0.0595. The molecule has 0 aromatic carbocycles. The molecule has 0 radical (unpaired) electrons. The standard InChI is InChI=1S/C9H17NO2S2/c1-3-4-5-10-8(11)9(2)6-13-14(12)7-9/h3-7H2,1-2H3,(H,10,11). The van der Waals surface area contributed by atoms with Crippen molar-refractivity contribution in [3.63, 3.8) is 0 Å². The van der Waals surface area contributed by atoms with Gasteiger partial charge in [0.15, 0.2) is 0 Å². The molecular weight excluding hydrogens is 218 g/mol. The summed E-state index contributed by atoms with van der Waals surface area (Å²) >= 11 is 0. The lowest BCUT2D eigenvalue weighted by molar-refractivity contribution is -0.127. The Morgan fingerprint density at radius 3 is 2.93 bits per heavy atom. The molecule has 0 aliphatic carbocycles. The fourth-order valence-corrected chi connectivity index (χ4v) is 5.06. The third-order valence-electron chi connectivity index (χ3n) is 2.31. The van der Waals surface area contributed by atoms with Gasteiger partial charge in [0.05, 0.1) is 16.5 Å². The van der Waals surface area contributed by atoms with Gasteiger partial charge in [0.1, 0.15) is 11.2 Å². The Kier molecular flexibility index (Phi) is 4.60. The molecule has 14 heavy (non-hydrogen) atoms. The molecule has 0 aromatic rings. The van der Waals surface area contributed by atoms with Crippen LogP contribution in [-0.4, -0.2) is 28.5 Å². The molecular formula is C9H17NO2S2. The van der Waals surface area contributed by atoms with E-state index in [0.717, 1.165) is 19.4 Å². The fourth-order valence-electron chi connectivity index (χ4n) is 1.26. The molecule has 1 N–H and O–H groups in total. The van der Waals surface area contributed by atoms with E-state index in [1.807, 2.05) is 6.92 Å². The van der Waals surface area contributed by atoms with Crippen molar-refractivity contribution >= 4 is 26.9 Å². The first kappa shape index (κ1) is 12.2. The maximum absolute atomic E-state index is 11.7. The second-order valence-electron chi connectivity index (χ2n) is 3.88. The summed E-state index contributed by atoms with van der Waals surface area (Å²) in [5, 5.41) is 2.90. The van der Waals surface area contributed by atoms with Crippen molar-refractivity contribution in [3.8, 4) is 0 Å². The van der Waals surface area contributed by atoms with Crippen LogP contribution in [0.3, 0.4) is 0 Å². The van der Waals surface area contributed by atoms with Crippen molar-refractivity contribution < 1.29 is 9.35 Å². The van der Waals surface area contributed by atoms with Gasteiger partial charge in [0, 0.05) is 16.8 Å². The highest BCUT2D eigenvalue weighted by Gasteiger charge is 2.45. The highest BCUT2D eigenvalue weighted by Crippen LogP contribution is 2.37. The van der Waals surface area contributed by atoms with E-state index in [0.29, 0.717) is 11.5 Å². The average molecular weight is 235 g/mol. The molecule has 0 bridgehead atoms. The first-order valence-corrected chi connectivity index (χ1v) is 7.70. The van der Waals surface area contributed by atoms with Crippen LogP contribution in [0.15, 0.2) is 0 Å². The Hall–Kier alpha value is 0.130. The van der Waals surface area contributed by atoms with Crippen molar-refractivity contribution in [2.75, 3.05) is 18.1 Å². The topological polar surface area (TPSA) is 52.2 Å². The predicted octanol–water partition coefficient (Wildman–Crippen LogP) is 1.32. The lowest BCUT2D eigenvalue weighted by Crippen LogP contribution is -2.41. The van der Waals surface area contributed by atoms with Crippen LogP contribution in [0.2, 0.25) is 0 Å². The quantitative estimate of drug-likeness (QED) is 0.454. The number of amides is 1. The van der Waals surface area contributed by atoms with Crippen LogP contribution >= 0.6 is 10.8 Å². The number of carbonyl (C=O) groups is 1. The Bertz CT molecular complexity index is 213. The van der Waals surface area contributed by atoms with Gasteiger partial charge in [-0.05, 0) is 13.3 Å². The third kappa shape index (κ3) is 3.07. The summed E-state index contributed by atoms with van der Waals surface area (Å²) in [7, 11) is 0.519. The van der Waals surface area contributed by atoms with Crippen molar-refractivity contribution in [1.29, 1.82) is 0 Å². The van der Waals surface area contributed by atoms with E-state index in [1.165, 1.54) is 10.8 Å². The Labute approximate surface area is 92.0 Å². The first-order chi connectivity index (χ1) is 6.58. The van der Waals surface area contributed by atoms with Crippen molar-refractivity contribution in [3.05, 3.63) is 0 Å². The predicted molar refractivity (Wildman–Crippen MR) is 61.5 cm³/mol. The summed E-state index contributed by atoms with van der Waals surface area (Å²) in [6.07, 6.45) is 2.09. The van der Waals surface area contributed by atoms with Gasteiger partial charge in [0.2, 0.25) is 5.91 Å². The van der Waals surface area contributed by atoms with Crippen LogP contribution in [0.4, 0.5) is 0 Å². The molecule has 0 spiro atoms. The monoisotopic (exact) mass is 235 g/mol. The summed E-state index contributed by atoms with van der Waals surface area (Å²) in [6.45, 7) is 4.72. The Morgan fingerprint density at radius 1 is 1.71 bits per heavy atom. The number of carbonyl (C=O) groups excluding carboxylic acids is 1. The van der Waals surface area contributed by atoms with Crippen molar-refractivity contribution in [1.82, 2.24) is 5.32 Å². The van der Waals surface area contributed by atoms with E-state index in [9.17, 15) is 9.35 Å². The average Bonchev–Trinajstić information content (AvgIpc) is 2.48. The molecule has 1 aliphatic heterocycles. The van der Waals surface area contributed by atoms with Gasteiger partial charge in [-0.25, -0.2) is 0 Å². The summed E-state index contributed by atoms with van der Waals surface area (Å²) in [5.74, 6) is 1.23. The Balaban J connectivity index is 2.36. The van der Waals surface area contributed by atoms with Gasteiger partial charge >= 0.3 is 0 Å². The second kappa shape index (κ2) is 5.28. The van der Waals surface area contributed by atoms with E-state index in [2.05, 4.69) is 12.2 Å². The normalized spacial score (nSPS) is 31.8. The van der Waals surface area contributed by atoms with Gasteiger partial charge < -0.3 is 9.87 Å². The lowest BCUT2D eigenvalue weighted by Gasteiger charge is -2.18. The highest BCUT2D eigenvalue weighted by atomic mass is 33.1. The number of rotatable bonds is 4. The molecule has 1 amide bonds. The second-order valence-corrected chi connectivity index (χ2v) is 7.12. The molecule has 1 fully saturated rings. The third-order valence-corrected chi connectivity index (χ3v) is 5.70. The minimum Gasteiger partial charge on any atom is -0.605 e. The molecule has 1 rings (SSSR count). The van der Waals surface area contributed by atoms with Crippen LogP contribution < -0.4 is 5.32 Å². The fraction of sp³-hybridized carbons (Fsp3) is 0.889. The van der Waals surface area contributed by atoms with Crippen LogP contribution in [0, 0.1) is 5.41 Å². The summed E-state index contributed by atoms with van der Waals surface area (Å²) < 4.78 is 11.2. The van der Waals surface area contributed by atoms with E-state index < -0.39 is 15.6 Å². The molecule has 1 heterocycles. The van der Waals surface area contributed by atoms with E-state index in [-0.39, 0.29) is 5.91 Å². The molecule has 0 saturated carbocycles. The molecule has 2 atom stereocenters. The smallest absolute Gasteiger partial charge is 0.231 e. The maximum Gasteiger partial charge on any atom is 0.231 e. The molecule has 82 valence electrons. The van der Waals surface area contributed by atoms with E-state index >= 15 is 0 Å². The van der Waals surface area contributed by atoms with Gasteiger partial charge in [-0.2, -0.15) is 0 Å². The summed E-state index contributed by atoms with van der Waals surface area (Å²) in [5.41, 5.74) is -0.413. The largest absolute Gasteiger partial charge is 0.605 e. The number of hydrogen-bond acceptors (Lipinski definition) is 3. The molecule has 3 nitrogen and oxygen atoms in total. The molecule has 5 heteroatoms. The van der Waals surface area contributed by atoms with E-state index in [1.54, 1.807) is 0 Å². The number of hydrogen-bond donors (Lipinski definition) is 1. The zero-order valence-corrected chi connectivity index (χ0v) is 10.3. The zero-order chi connectivity index (χ0) is 10.6. The van der Waals surface area contributed by atoms with Crippen molar-refractivity contribution in [2.24, 2.45) is 5.41 Å². The first-order valence-electron chi connectivity index (χ1n) is 4.88. The van der Waals surface area contributed by atoms with E-state index in [4.69, 9.17) is 0 Å². The maximum atomic E-state index is 11.7. The number of nitrogens with one attached hydrogen (secondary N) is 1. The molecule has 1 saturated heterocycles. The van der Waals surface area contributed by atoms with Crippen LogP contribution in [-0.2, 0) is 15.0 Å². The Morgan fingerprint density at radius 2 is 2.43 bits per heavy atom. The highest BCUT2D eigenvalue weighted by molar-refractivity contribution is 8.72. The molecule has 2 unspecified atom stereocenters. The van der Waals surface area contributed by atoms with Crippen LogP contribution in [0.5, 0.6) is 0 Å². The van der Waals surface area contributed by atoms with Gasteiger partial charge in [-0.3, -0.25) is 4.79 Å². The van der Waals surface area contributed by atoms with Crippen LogP contribution in [0.25, 0.3) is 0 Å². The summed E-state index contributed by atoms with van der Waals surface area (Å²) in [6, 6.07) is 0. The van der Waals surface area contributed by atoms with Gasteiger partial charge in [0.25, 0.3) is 0 Å². The summed E-state index contributed by atoms with van der Waals surface area (Å²) in [4.78, 5) is 11.7. The van der Waals surface area contributed by atoms with Crippen molar-refractivity contribution in [2.45, 2.75) is 26.7 Å². The molecule has 0 aromatic heterocycles. The molecule has 1 aliphatic rings. The SMILES string of the molecule is CCCCNC(=O)C1(C)CS[S+]([O-])C1. The van der Waals surface area contributed by atoms with Gasteiger partial charge in [-0.1, -0.05) is 13.3 Å². The van der Waals surface area contributed by atoms with Gasteiger partial charge in [-0.15, -0.1) is 0 Å². The zero-order valence-electron chi connectivity index (χ0n) is 8.67. The minimum atomic E-state index is -0.864. The lowest BCUT2D eigenvalue weighted by atomic mass is 9.95. The number of unbranched alkanes of at least 4 members (excludes halogenated alkanes) is 1.